The van der Waals surface area contributed by atoms with Crippen LogP contribution in [-0.2, 0) is 27.3 Å². The molecule has 2 rings (SSSR count). The summed E-state index contributed by atoms with van der Waals surface area (Å²) in [5, 5.41) is 0. The first-order chi connectivity index (χ1) is 9.18. The molecule has 0 amide bonds. The van der Waals surface area contributed by atoms with Crippen molar-refractivity contribution < 1.29 is 41.3 Å². The van der Waals surface area contributed by atoms with E-state index in [1.807, 2.05) is 12.4 Å². The van der Waals surface area contributed by atoms with Crippen LogP contribution in [0.4, 0.5) is 0 Å². The number of halogens is 2. The number of hydrogen-bond acceptors (Lipinski definition) is 2. The van der Waals surface area contributed by atoms with Crippen molar-refractivity contribution in [1.82, 2.24) is 9.97 Å². The molecule has 5 heteroatoms. The summed E-state index contributed by atoms with van der Waals surface area (Å²) in [4.78, 5) is 8.97. The van der Waals surface area contributed by atoms with Gasteiger partial charge in [-0.25, -0.2) is 0 Å². The molecular formula is C18H24Cl2N2Ni. The number of pyridine rings is 2. The van der Waals surface area contributed by atoms with Crippen molar-refractivity contribution in [2.75, 3.05) is 0 Å². The minimum absolute atomic E-state index is 0. The topological polar surface area (TPSA) is 25.8 Å². The molecule has 130 valence electrons. The normalized spacial score (nSPS) is 10.9. The third-order valence-electron chi connectivity index (χ3n) is 3.51. The van der Waals surface area contributed by atoms with Crippen LogP contribution in [0.25, 0.3) is 11.4 Å². The fourth-order valence-corrected chi connectivity index (χ4v) is 2.07. The third-order valence-corrected chi connectivity index (χ3v) is 3.51. The van der Waals surface area contributed by atoms with Gasteiger partial charge in [0.05, 0.1) is 11.4 Å². The van der Waals surface area contributed by atoms with Crippen LogP contribution in [0, 0.1) is 0 Å². The van der Waals surface area contributed by atoms with Gasteiger partial charge in [0.2, 0.25) is 0 Å². The molecule has 0 N–H and O–H groups in total. The molecule has 0 fully saturated rings. The molecular weight excluding hydrogens is 374 g/mol. The number of aromatic nitrogens is 2. The Hall–Kier alpha value is -0.626. The molecule has 0 unspecified atom stereocenters. The number of rotatable bonds is 1. The first kappa shape index (κ1) is 24.6. The van der Waals surface area contributed by atoms with Crippen molar-refractivity contribution in [2.45, 2.75) is 52.4 Å². The second-order valence-corrected chi connectivity index (χ2v) is 7.36. The largest absolute Gasteiger partial charge is 2.00 e. The van der Waals surface area contributed by atoms with Crippen LogP contribution in [0.3, 0.4) is 0 Å². The van der Waals surface area contributed by atoms with Crippen molar-refractivity contribution in [1.29, 1.82) is 0 Å². The maximum absolute atomic E-state index is 4.48. The van der Waals surface area contributed by atoms with Crippen LogP contribution < -0.4 is 24.8 Å². The summed E-state index contributed by atoms with van der Waals surface area (Å²) in [6.07, 6.45) is 3.75. The quantitative estimate of drug-likeness (QED) is 0.562. The minimum Gasteiger partial charge on any atom is -1.00 e. The summed E-state index contributed by atoms with van der Waals surface area (Å²) < 4.78 is 0. The van der Waals surface area contributed by atoms with Crippen LogP contribution in [0.15, 0.2) is 36.7 Å². The van der Waals surface area contributed by atoms with Gasteiger partial charge in [0.1, 0.15) is 0 Å². The Bertz CT molecular complexity index is 561. The zero-order chi connectivity index (χ0) is 15.0. The zero-order valence-electron chi connectivity index (χ0n) is 14.4. The van der Waals surface area contributed by atoms with Gasteiger partial charge in [-0.15, -0.1) is 0 Å². The Kier molecular flexibility index (Phi) is 9.65. The summed E-state index contributed by atoms with van der Waals surface area (Å²) >= 11 is 0. The molecule has 0 saturated heterocycles. The fourth-order valence-electron chi connectivity index (χ4n) is 2.07. The Morgan fingerprint density at radius 1 is 0.652 bits per heavy atom. The maximum Gasteiger partial charge on any atom is 2.00 e. The van der Waals surface area contributed by atoms with E-state index in [9.17, 15) is 0 Å². The molecule has 0 atom stereocenters. The smallest absolute Gasteiger partial charge is 1.00 e. The Morgan fingerprint density at radius 2 is 0.957 bits per heavy atom. The second kappa shape index (κ2) is 9.01. The first-order valence-electron chi connectivity index (χ1n) is 7.11. The van der Waals surface area contributed by atoms with E-state index < -0.39 is 0 Å². The Labute approximate surface area is 162 Å². The molecule has 0 aromatic carbocycles. The molecule has 2 aromatic heterocycles. The van der Waals surface area contributed by atoms with Gasteiger partial charge < -0.3 is 24.8 Å². The van der Waals surface area contributed by atoms with E-state index in [4.69, 9.17) is 0 Å². The molecule has 0 bridgehead atoms. The van der Waals surface area contributed by atoms with E-state index >= 15 is 0 Å². The monoisotopic (exact) mass is 396 g/mol. The molecule has 0 aliphatic carbocycles. The molecule has 0 saturated carbocycles. The van der Waals surface area contributed by atoms with Crippen molar-refractivity contribution in [3.63, 3.8) is 0 Å². The second-order valence-electron chi connectivity index (χ2n) is 7.36. The van der Waals surface area contributed by atoms with Crippen LogP contribution in [0.1, 0.15) is 52.7 Å². The molecule has 2 heterocycles. The molecule has 0 radical (unpaired) electrons. The number of hydrogen-bond donors (Lipinski definition) is 0. The molecule has 2 nitrogen and oxygen atoms in total. The van der Waals surface area contributed by atoms with Crippen molar-refractivity contribution in [3.8, 4) is 11.4 Å². The van der Waals surface area contributed by atoms with E-state index in [1.165, 1.54) is 11.1 Å². The van der Waals surface area contributed by atoms with Crippen LogP contribution >= 0.6 is 0 Å². The van der Waals surface area contributed by atoms with Gasteiger partial charge in [0.25, 0.3) is 0 Å². The summed E-state index contributed by atoms with van der Waals surface area (Å²) in [5.41, 5.74) is 4.71. The standard InChI is InChI=1S/C18H24N2.2ClH.Ni/c1-17(2,3)13-7-9-19-15(11-13)16-12-14(8-10-20-16)18(4,5)6;;;/h7-12H,1-6H3;2*1H;/q;;;+2/p-2. The van der Waals surface area contributed by atoms with Crippen molar-refractivity contribution in [3.05, 3.63) is 47.8 Å². The predicted molar refractivity (Wildman–Crippen MR) is 84.9 cm³/mol. The molecule has 0 spiro atoms. The third kappa shape index (κ3) is 6.41. The van der Waals surface area contributed by atoms with E-state index in [-0.39, 0.29) is 52.1 Å². The minimum atomic E-state index is 0. The van der Waals surface area contributed by atoms with Crippen molar-refractivity contribution in [2.24, 2.45) is 0 Å². The van der Waals surface area contributed by atoms with Crippen LogP contribution in [0.2, 0.25) is 0 Å². The van der Waals surface area contributed by atoms with Gasteiger partial charge in [0, 0.05) is 12.4 Å². The van der Waals surface area contributed by atoms with Gasteiger partial charge in [0.15, 0.2) is 0 Å². The average Bonchev–Trinajstić information content (AvgIpc) is 2.37. The zero-order valence-corrected chi connectivity index (χ0v) is 16.9. The van der Waals surface area contributed by atoms with Gasteiger partial charge in [-0.05, 0) is 46.2 Å². The van der Waals surface area contributed by atoms with Crippen LogP contribution in [-0.4, -0.2) is 9.97 Å². The fraction of sp³-hybridized carbons (Fsp3) is 0.444. The molecule has 0 aliphatic heterocycles. The molecule has 0 aliphatic rings. The van der Waals surface area contributed by atoms with Gasteiger partial charge in [-0.2, -0.15) is 0 Å². The van der Waals surface area contributed by atoms with E-state index in [1.54, 1.807) is 0 Å². The Balaban J connectivity index is 0. The maximum atomic E-state index is 4.48. The van der Waals surface area contributed by atoms with Crippen molar-refractivity contribution >= 4 is 0 Å². The molecule has 23 heavy (non-hydrogen) atoms. The summed E-state index contributed by atoms with van der Waals surface area (Å²) in [6.45, 7) is 13.3. The van der Waals surface area contributed by atoms with Gasteiger partial charge >= 0.3 is 16.5 Å². The Morgan fingerprint density at radius 3 is 1.22 bits per heavy atom. The van der Waals surface area contributed by atoms with E-state index in [0.29, 0.717) is 0 Å². The predicted octanol–water partition coefficient (Wildman–Crippen LogP) is -1.26. The van der Waals surface area contributed by atoms with Crippen LogP contribution in [0.5, 0.6) is 0 Å². The first-order valence-corrected chi connectivity index (χ1v) is 7.11. The SMILES string of the molecule is CC(C)(C)c1ccnc(-c2cc(C(C)(C)C)ccn2)c1.[Cl-].[Cl-].[Ni+2]. The van der Waals surface area contributed by atoms with E-state index in [2.05, 4.69) is 75.8 Å². The molecule has 2 aromatic rings. The van der Waals surface area contributed by atoms with Gasteiger partial charge in [-0.1, -0.05) is 41.5 Å². The van der Waals surface area contributed by atoms with E-state index in [0.717, 1.165) is 11.4 Å². The number of nitrogens with zero attached hydrogens (tertiary/aromatic N) is 2. The summed E-state index contributed by atoms with van der Waals surface area (Å²) in [7, 11) is 0. The summed E-state index contributed by atoms with van der Waals surface area (Å²) in [6, 6.07) is 8.46. The van der Waals surface area contributed by atoms with Gasteiger partial charge in [-0.3, -0.25) is 9.97 Å². The summed E-state index contributed by atoms with van der Waals surface area (Å²) in [5.74, 6) is 0. The average molecular weight is 398 g/mol.